The summed E-state index contributed by atoms with van der Waals surface area (Å²) in [6.45, 7) is 3.57. The highest BCUT2D eigenvalue weighted by Crippen LogP contribution is 2.12. The predicted octanol–water partition coefficient (Wildman–Crippen LogP) is 2.10. The van der Waals surface area contributed by atoms with Gasteiger partial charge in [0.2, 0.25) is 0 Å². The third-order valence-electron chi connectivity index (χ3n) is 2.57. The van der Waals surface area contributed by atoms with Crippen molar-refractivity contribution < 1.29 is 4.79 Å². The first-order chi connectivity index (χ1) is 8.00. The Labute approximate surface area is 127 Å². The van der Waals surface area contributed by atoms with Gasteiger partial charge in [-0.2, -0.15) is 0 Å². The summed E-state index contributed by atoms with van der Waals surface area (Å²) >= 11 is 0. The number of amides is 1. The van der Waals surface area contributed by atoms with Crippen LogP contribution in [0.2, 0.25) is 0 Å². The van der Waals surface area contributed by atoms with Gasteiger partial charge < -0.3 is 16.0 Å². The minimum Gasteiger partial charge on any atom is -0.399 e. The largest absolute Gasteiger partial charge is 0.399 e. The van der Waals surface area contributed by atoms with Crippen molar-refractivity contribution in [3.05, 3.63) is 29.3 Å². The molecule has 1 aromatic rings. The van der Waals surface area contributed by atoms with Crippen LogP contribution in [0.5, 0.6) is 0 Å². The molecule has 0 saturated heterocycles. The third kappa shape index (κ3) is 7.25. The molecule has 0 aromatic heterocycles. The van der Waals surface area contributed by atoms with Crippen molar-refractivity contribution in [1.29, 1.82) is 0 Å². The highest BCUT2D eigenvalue weighted by Gasteiger charge is 2.08. The van der Waals surface area contributed by atoms with Crippen LogP contribution in [0.3, 0.4) is 0 Å². The number of nitrogens with two attached hydrogens (primary N) is 1. The number of nitrogens with zero attached hydrogens (tertiary/aromatic N) is 1. The van der Waals surface area contributed by atoms with E-state index in [0.29, 0.717) is 17.8 Å². The van der Waals surface area contributed by atoms with Gasteiger partial charge >= 0.3 is 0 Å². The standard InChI is InChI=1S/C13H21N3O.2ClH/c1-10-5-6-11(14)9-12(10)13(17)15-7-4-8-16(2)3;;/h5-6,9H,4,7-8,14H2,1-3H3,(H,15,17);2*1H. The topological polar surface area (TPSA) is 58.4 Å². The Bertz CT molecular complexity index is 397. The summed E-state index contributed by atoms with van der Waals surface area (Å²) in [6.07, 6.45) is 0.945. The van der Waals surface area contributed by atoms with Crippen LogP contribution >= 0.6 is 24.8 Å². The lowest BCUT2D eigenvalue weighted by Crippen LogP contribution is -2.27. The van der Waals surface area contributed by atoms with Gasteiger partial charge in [0.05, 0.1) is 0 Å². The first-order valence-corrected chi connectivity index (χ1v) is 5.80. The fraction of sp³-hybridized carbons (Fsp3) is 0.462. The Balaban J connectivity index is 0. The molecule has 6 heteroatoms. The Morgan fingerprint density at radius 1 is 1.32 bits per heavy atom. The zero-order valence-electron chi connectivity index (χ0n) is 11.6. The number of anilines is 1. The van der Waals surface area contributed by atoms with Gasteiger partial charge in [0.1, 0.15) is 0 Å². The fourth-order valence-electron chi connectivity index (χ4n) is 1.58. The van der Waals surface area contributed by atoms with Crippen molar-refractivity contribution >= 4 is 36.4 Å². The van der Waals surface area contributed by atoms with Gasteiger partial charge in [-0.3, -0.25) is 4.79 Å². The van der Waals surface area contributed by atoms with Gasteiger partial charge in [0, 0.05) is 17.8 Å². The second-order valence-electron chi connectivity index (χ2n) is 4.49. The minimum absolute atomic E-state index is 0. The van der Waals surface area contributed by atoms with E-state index >= 15 is 0 Å². The number of hydrogen-bond donors (Lipinski definition) is 2. The zero-order valence-corrected chi connectivity index (χ0v) is 13.2. The van der Waals surface area contributed by atoms with E-state index in [4.69, 9.17) is 5.73 Å². The lowest BCUT2D eigenvalue weighted by atomic mass is 10.1. The van der Waals surface area contributed by atoms with Crippen molar-refractivity contribution in [2.45, 2.75) is 13.3 Å². The van der Waals surface area contributed by atoms with Crippen LogP contribution in [0.25, 0.3) is 0 Å². The van der Waals surface area contributed by atoms with Crippen molar-refractivity contribution in [2.75, 3.05) is 32.9 Å². The van der Waals surface area contributed by atoms with E-state index in [-0.39, 0.29) is 30.7 Å². The highest BCUT2D eigenvalue weighted by atomic mass is 35.5. The van der Waals surface area contributed by atoms with Crippen LogP contribution in [-0.2, 0) is 0 Å². The van der Waals surface area contributed by atoms with Gasteiger partial charge in [-0.1, -0.05) is 6.07 Å². The van der Waals surface area contributed by atoms with Crippen LogP contribution in [0, 0.1) is 6.92 Å². The molecule has 0 aliphatic rings. The van der Waals surface area contributed by atoms with Gasteiger partial charge in [0.15, 0.2) is 0 Å². The van der Waals surface area contributed by atoms with E-state index in [1.807, 2.05) is 27.1 Å². The normalized spacial score (nSPS) is 9.47. The van der Waals surface area contributed by atoms with Gasteiger partial charge in [-0.05, 0) is 51.7 Å². The maximum Gasteiger partial charge on any atom is 0.251 e. The van der Waals surface area contributed by atoms with Crippen molar-refractivity contribution in [3.8, 4) is 0 Å². The van der Waals surface area contributed by atoms with Gasteiger partial charge in [0.25, 0.3) is 5.91 Å². The number of hydrogen-bond acceptors (Lipinski definition) is 3. The average Bonchev–Trinajstić information content (AvgIpc) is 2.27. The van der Waals surface area contributed by atoms with Crippen LogP contribution in [0.1, 0.15) is 22.3 Å². The molecule has 0 aliphatic carbocycles. The number of nitrogens with one attached hydrogen (secondary N) is 1. The molecular weight excluding hydrogens is 285 g/mol. The van der Waals surface area contributed by atoms with E-state index < -0.39 is 0 Å². The van der Waals surface area contributed by atoms with Crippen molar-refractivity contribution in [1.82, 2.24) is 10.2 Å². The molecule has 0 fully saturated rings. The lowest BCUT2D eigenvalue weighted by Gasteiger charge is -2.11. The summed E-state index contributed by atoms with van der Waals surface area (Å²) in [6, 6.07) is 5.39. The number of benzene rings is 1. The molecule has 4 nitrogen and oxygen atoms in total. The Hall–Kier alpha value is -0.970. The highest BCUT2D eigenvalue weighted by molar-refractivity contribution is 5.96. The smallest absolute Gasteiger partial charge is 0.251 e. The molecule has 0 heterocycles. The molecule has 19 heavy (non-hydrogen) atoms. The molecular formula is C13H23Cl2N3O. The Kier molecular flexibility index (Phi) is 10.6. The second kappa shape index (κ2) is 9.89. The van der Waals surface area contributed by atoms with E-state index in [0.717, 1.165) is 18.5 Å². The third-order valence-corrected chi connectivity index (χ3v) is 2.57. The summed E-state index contributed by atoms with van der Waals surface area (Å²) in [5.41, 5.74) is 7.90. The summed E-state index contributed by atoms with van der Waals surface area (Å²) in [7, 11) is 4.04. The number of carbonyl (C=O) groups is 1. The Morgan fingerprint density at radius 3 is 2.53 bits per heavy atom. The molecule has 1 amide bonds. The average molecular weight is 308 g/mol. The zero-order chi connectivity index (χ0) is 12.8. The quantitative estimate of drug-likeness (QED) is 0.647. The number of carbonyl (C=O) groups excluding carboxylic acids is 1. The van der Waals surface area contributed by atoms with E-state index in [1.165, 1.54) is 0 Å². The van der Waals surface area contributed by atoms with Gasteiger partial charge in [-0.25, -0.2) is 0 Å². The van der Waals surface area contributed by atoms with Gasteiger partial charge in [-0.15, -0.1) is 24.8 Å². The van der Waals surface area contributed by atoms with Crippen LogP contribution in [0.15, 0.2) is 18.2 Å². The molecule has 0 unspecified atom stereocenters. The second-order valence-corrected chi connectivity index (χ2v) is 4.49. The molecule has 0 spiro atoms. The maximum absolute atomic E-state index is 11.9. The number of nitrogen functional groups attached to an aromatic ring is 1. The molecule has 0 atom stereocenters. The summed E-state index contributed by atoms with van der Waals surface area (Å²) < 4.78 is 0. The molecule has 0 aliphatic heterocycles. The molecule has 1 rings (SSSR count). The minimum atomic E-state index is -0.0476. The number of halogens is 2. The molecule has 0 bridgehead atoms. The molecule has 110 valence electrons. The number of rotatable bonds is 5. The van der Waals surface area contributed by atoms with Crippen molar-refractivity contribution in [2.24, 2.45) is 0 Å². The fourth-order valence-corrected chi connectivity index (χ4v) is 1.58. The van der Waals surface area contributed by atoms with E-state index in [9.17, 15) is 4.79 Å². The van der Waals surface area contributed by atoms with E-state index in [2.05, 4.69) is 10.2 Å². The molecule has 0 saturated carbocycles. The van der Waals surface area contributed by atoms with Crippen LogP contribution < -0.4 is 11.1 Å². The number of aryl methyl sites for hydroxylation is 1. The maximum atomic E-state index is 11.9. The van der Waals surface area contributed by atoms with E-state index in [1.54, 1.807) is 12.1 Å². The molecule has 3 N–H and O–H groups in total. The first-order valence-electron chi connectivity index (χ1n) is 5.80. The van der Waals surface area contributed by atoms with Crippen LogP contribution in [0.4, 0.5) is 5.69 Å². The molecule has 0 radical (unpaired) electrons. The van der Waals surface area contributed by atoms with Crippen LogP contribution in [-0.4, -0.2) is 38.0 Å². The molecule has 1 aromatic carbocycles. The SMILES string of the molecule is Cc1ccc(N)cc1C(=O)NCCCN(C)C.Cl.Cl. The lowest BCUT2D eigenvalue weighted by molar-refractivity contribution is 0.0951. The van der Waals surface area contributed by atoms with Crippen molar-refractivity contribution in [3.63, 3.8) is 0 Å². The summed E-state index contributed by atoms with van der Waals surface area (Å²) in [4.78, 5) is 14.0. The summed E-state index contributed by atoms with van der Waals surface area (Å²) in [5.74, 6) is -0.0476. The summed E-state index contributed by atoms with van der Waals surface area (Å²) in [5, 5.41) is 2.90. The Morgan fingerprint density at radius 2 is 1.95 bits per heavy atom. The predicted molar refractivity (Wildman–Crippen MR) is 85.6 cm³/mol. The first kappa shape index (κ1) is 20.3. The monoisotopic (exact) mass is 307 g/mol.